The number of rotatable bonds is 0. The molecule has 1 saturated heterocycles. The van der Waals surface area contributed by atoms with Gasteiger partial charge in [0, 0.05) is 19.6 Å². The molecular formula is C6H12N2O. The second kappa shape index (κ2) is 2.25. The number of urea groups is 1. The van der Waals surface area contributed by atoms with Crippen LogP contribution in [-0.4, -0.2) is 30.6 Å². The Morgan fingerprint density at radius 2 is 2.44 bits per heavy atom. The molecule has 3 heteroatoms. The van der Waals surface area contributed by atoms with Crippen LogP contribution < -0.4 is 5.32 Å². The summed E-state index contributed by atoms with van der Waals surface area (Å²) in [5.41, 5.74) is 0. The molecule has 52 valence electrons. The number of hydrogen-bond donors (Lipinski definition) is 1. The van der Waals surface area contributed by atoms with Gasteiger partial charge in [0.15, 0.2) is 0 Å². The van der Waals surface area contributed by atoms with Crippen LogP contribution in [0.3, 0.4) is 0 Å². The topological polar surface area (TPSA) is 32.3 Å². The molecule has 0 spiro atoms. The van der Waals surface area contributed by atoms with Crippen LogP contribution in [0.25, 0.3) is 0 Å². The van der Waals surface area contributed by atoms with Gasteiger partial charge in [0.1, 0.15) is 0 Å². The molecule has 1 unspecified atom stereocenters. The van der Waals surface area contributed by atoms with Gasteiger partial charge in [-0.3, -0.25) is 0 Å². The molecular weight excluding hydrogens is 116 g/mol. The highest BCUT2D eigenvalue weighted by Gasteiger charge is 2.19. The molecule has 0 radical (unpaired) electrons. The predicted molar refractivity (Wildman–Crippen MR) is 35.2 cm³/mol. The molecule has 3 nitrogen and oxygen atoms in total. The zero-order valence-electron chi connectivity index (χ0n) is 5.85. The first kappa shape index (κ1) is 6.39. The Labute approximate surface area is 55.0 Å². The third kappa shape index (κ3) is 1.15. The van der Waals surface area contributed by atoms with Gasteiger partial charge in [-0.2, -0.15) is 0 Å². The Balaban J connectivity index is 2.51. The highest BCUT2D eigenvalue weighted by Crippen LogP contribution is 2.04. The largest absolute Gasteiger partial charge is 0.338 e. The number of carbonyl (C=O) groups excluding carboxylic acids is 1. The molecule has 0 aromatic heterocycles. The average molecular weight is 128 g/mol. The fourth-order valence-electron chi connectivity index (χ4n) is 0.907. The van der Waals surface area contributed by atoms with E-state index in [-0.39, 0.29) is 6.03 Å². The van der Waals surface area contributed by atoms with E-state index in [0.29, 0.717) is 6.04 Å². The maximum atomic E-state index is 10.8. The molecule has 0 aliphatic carbocycles. The Morgan fingerprint density at radius 3 is 2.89 bits per heavy atom. The van der Waals surface area contributed by atoms with Crippen LogP contribution in [0.1, 0.15) is 13.3 Å². The van der Waals surface area contributed by atoms with Gasteiger partial charge in [-0.15, -0.1) is 0 Å². The zero-order chi connectivity index (χ0) is 6.85. The lowest BCUT2D eigenvalue weighted by Crippen LogP contribution is -2.48. The van der Waals surface area contributed by atoms with Gasteiger partial charge in [0.25, 0.3) is 0 Å². The summed E-state index contributed by atoms with van der Waals surface area (Å²) in [4.78, 5) is 12.5. The lowest BCUT2D eigenvalue weighted by atomic mass is 10.2. The highest BCUT2D eigenvalue weighted by atomic mass is 16.2. The molecule has 1 aliphatic rings. The first-order valence-corrected chi connectivity index (χ1v) is 3.22. The summed E-state index contributed by atoms with van der Waals surface area (Å²) in [5, 5.41) is 2.75. The maximum Gasteiger partial charge on any atom is 0.317 e. The molecule has 2 amide bonds. The quantitative estimate of drug-likeness (QED) is 0.504. The SMILES string of the molecule is CC1CCNC(=O)N1C. The van der Waals surface area contributed by atoms with Gasteiger partial charge >= 0.3 is 6.03 Å². The van der Waals surface area contributed by atoms with Crippen molar-refractivity contribution >= 4 is 6.03 Å². The van der Waals surface area contributed by atoms with E-state index in [1.54, 1.807) is 4.90 Å². The number of nitrogens with zero attached hydrogens (tertiary/aromatic N) is 1. The van der Waals surface area contributed by atoms with Crippen molar-refractivity contribution in [2.75, 3.05) is 13.6 Å². The van der Waals surface area contributed by atoms with Crippen LogP contribution in [0.4, 0.5) is 4.79 Å². The summed E-state index contributed by atoms with van der Waals surface area (Å²) >= 11 is 0. The zero-order valence-corrected chi connectivity index (χ0v) is 5.85. The number of nitrogens with one attached hydrogen (secondary N) is 1. The molecule has 0 bridgehead atoms. The van der Waals surface area contributed by atoms with E-state index in [1.165, 1.54) is 0 Å². The van der Waals surface area contributed by atoms with Crippen LogP contribution in [0.2, 0.25) is 0 Å². The Hall–Kier alpha value is -0.730. The summed E-state index contributed by atoms with van der Waals surface area (Å²) in [6.07, 6.45) is 1.06. The lowest BCUT2D eigenvalue weighted by Gasteiger charge is -2.29. The van der Waals surface area contributed by atoms with Crippen LogP contribution in [0.15, 0.2) is 0 Å². The molecule has 0 aromatic rings. The third-order valence-corrected chi connectivity index (χ3v) is 1.82. The van der Waals surface area contributed by atoms with Gasteiger partial charge in [-0.05, 0) is 13.3 Å². The molecule has 1 heterocycles. The van der Waals surface area contributed by atoms with Crippen LogP contribution in [0.5, 0.6) is 0 Å². The van der Waals surface area contributed by atoms with Crippen molar-refractivity contribution < 1.29 is 4.79 Å². The van der Waals surface area contributed by atoms with E-state index in [9.17, 15) is 4.79 Å². The van der Waals surface area contributed by atoms with E-state index in [1.807, 2.05) is 7.05 Å². The van der Waals surface area contributed by atoms with Crippen molar-refractivity contribution in [3.8, 4) is 0 Å². The van der Waals surface area contributed by atoms with Crippen molar-refractivity contribution in [2.45, 2.75) is 19.4 Å². The van der Waals surface area contributed by atoms with Crippen molar-refractivity contribution in [3.05, 3.63) is 0 Å². The minimum Gasteiger partial charge on any atom is -0.338 e. The highest BCUT2D eigenvalue weighted by molar-refractivity contribution is 5.74. The molecule has 1 atom stereocenters. The van der Waals surface area contributed by atoms with Crippen LogP contribution in [0, 0.1) is 0 Å². The summed E-state index contributed by atoms with van der Waals surface area (Å²) in [5.74, 6) is 0. The van der Waals surface area contributed by atoms with Crippen molar-refractivity contribution in [1.82, 2.24) is 10.2 Å². The predicted octanol–water partition coefficient (Wildman–Crippen LogP) is 0.420. The molecule has 1 N–H and O–H groups in total. The summed E-state index contributed by atoms with van der Waals surface area (Å²) in [6, 6.07) is 0.451. The molecule has 0 aromatic carbocycles. The van der Waals surface area contributed by atoms with E-state index in [4.69, 9.17) is 0 Å². The number of carbonyl (C=O) groups is 1. The van der Waals surface area contributed by atoms with Crippen molar-refractivity contribution in [3.63, 3.8) is 0 Å². The summed E-state index contributed by atoms with van der Waals surface area (Å²) in [6.45, 7) is 2.88. The molecule has 1 fully saturated rings. The number of hydrogen-bond acceptors (Lipinski definition) is 1. The van der Waals surface area contributed by atoms with Gasteiger partial charge in [0.2, 0.25) is 0 Å². The van der Waals surface area contributed by atoms with Gasteiger partial charge in [-0.25, -0.2) is 4.79 Å². The van der Waals surface area contributed by atoms with Crippen LogP contribution in [-0.2, 0) is 0 Å². The van der Waals surface area contributed by atoms with E-state index >= 15 is 0 Å². The van der Waals surface area contributed by atoms with Gasteiger partial charge < -0.3 is 10.2 Å². The molecule has 9 heavy (non-hydrogen) atoms. The second-order valence-electron chi connectivity index (χ2n) is 2.48. The maximum absolute atomic E-state index is 10.8. The van der Waals surface area contributed by atoms with Crippen molar-refractivity contribution in [1.29, 1.82) is 0 Å². The fourth-order valence-corrected chi connectivity index (χ4v) is 0.907. The van der Waals surface area contributed by atoms with Crippen LogP contribution >= 0.6 is 0 Å². The molecule has 1 aliphatic heterocycles. The second-order valence-corrected chi connectivity index (χ2v) is 2.48. The first-order chi connectivity index (χ1) is 4.22. The Bertz CT molecular complexity index is 124. The minimum absolute atomic E-state index is 0.0498. The normalized spacial score (nSPS) is 28.0. The van der Waals surface area contributed by atoms with Gasteiger partial charge in [-0.1, -0.05) is 0 Å². The van der Waals surface area contributed by atoms with Gasteiger partial charge in [0.05, 0.1) is 0 Å². The minimum atomic E-state index is 0.0498. The van der Waals surface area contributed by atoms with E-state index in [2.05, 4.69) is 12.2 Å². The van der Waals surface area contributed by atoms with Crippen molar-refractivity contribution in [2.24, 2.45) is 0 Å². The first-order valence-electron chi connectivity index (χ1n) is 3.22. The Kier molecular flexibility index (Phi) is 1.60. The average Bonchev–Trinajstić information content (AvgIpc) is 1.83. The van der Waals surface area contributed by atoms with E-state index in [0.717, 1.165) is 13.0 Å². The monoisotopic (exact) mass is 128 g/mol. The summed E-state index contributed by atoms with van der Waals surface area (Å²) in [7, 11) is 1.82. The Morgan fingerprint density at radius 1 is 1.78 bits per heavy atom. The molecule has 1 rings (SSSR count). The third-order valence-electron chi connectivity index (χ3n) is 1.82. The number of amides is 2. The standard InChI is InChI=1S/C6H12N2O/c1-5-3-4-7-6(9)8(5)2/h5H,3-4H2,1-2H3,(H,7,9). The fraction of sp³-hybridized carbons (Fsp3) is 0.833. The molecule has 0 saturated carbocycles. The summed E-state index contributed by atoms with van der Waals surface area (Å²) < 4.78 is 0. The lowest BCUT2D eigenvalue weighted by molar-refractivity contribution is 0.177. The smallest absolute Gasteiger partial charge is 0.317 e. The van der Waals surface area contributed by atoms with E-state index < -0.39 is 0 Å².